The van der Waals surface area contributed by atoms with Crippen molar-refractivity contribution in [2.75, 3.05) is 0 Å². The number of nitrogens with zero attached hydrogens (tertiary/aromatic N) is 4. The van der Waals surface area contributed by atoms with Gasteiger partial charge in [-0.2, -0.15) is 5.21 Å². The molecule has 15 heavy (non-hydrogen) atoms. The first-order valence-corrected chi connectivity index (χ1v) is 4.19. The van der Waals surface area contributed by atoms with Crippen molar-refractivity contribution in [1.29, 1.82) is 0 Å². The van der Waals surface area contributed by atoms with E-state index in [-0.39, 0.29) is 18.2 Å². The topological polar surface area (TPSA) is 110 Å². The highest BCUT2D eigenvalue weighted by Gasteiger charge is 2.13. The molecule has 2 N–H and O–H groups in total. The predicted octanol–water partition coefficient (Wildman–Crippen LogP) is -0.574. The Kier molecular flexibility index (Phi) is 2.40. The number of aromatic nitrogens is 5. The summed E-state index contributed by atoms with van der Waals surface area (Å²) in [5, 5.41) is 19.1. The lowest BCUT2D eigenvalue weighted by Crippen LogP contribution is -2.23. The van der Waals surface area contributed by atoms with Gasteiger partial charge in [-0.1, -0.05) is 10.4 Å². The molecule has 0 radical (unpaired) electrons. The Balaban J connectivity index is 1.96. The van der Waals surface area contributed by atoms with Crippen molar-refractivity contribution in [1.82, 2.24) is 31.1 Å². The summed E-state index contributed by atoms with van der Waals surface area (Å²) in [5.41, 5.74) is 0.681. The quantitative estimate of drug-likeness (QED) is 0.698. The lowest BCUT2D eigenvalue weighted by Gasteiger charge is -1.98. The summed E-state index contributed by atoms with van der Waals surface area (Å²) in [6, 6.07) is 0. The number of nitrogens with one attached hydrogen (secondary N) is 2. The van der Waals surface area contributed by atoms with Crippen LogP contribution in [0, 0.1) is 6.92 Å². The van der Waals surface area contributed by atoms with E-state index in [2.05, 4.69) is 31.1 Å². The lowest BCUT2D eigenvalue weighted by molar-refractivity contribution is 0.0912. The molecule has 0 unspecified atom stereocenters. The van der Waals surface area contributed by atoms with E-state index in [1.54, 1.807) is 6.92 Å². The molecule has 2 aromatic heterocycles. The van der Waals surface area contributed by atoms with Crippen LogP contribution in [0.25, 0.3) is 0 Å². The van der Waals surface area contributed by atoms with Crippen LogP contribution in [-0.4, -0.2) is 31.7 Å². The van der Waals surface area contributed by atoms with Gasteiger partial charge in [0.1, 0.15) is 0 Å². The fourth-order valence-corrected chi connectivity index (χ4v) is 1.01. The summed E-state index contributed by atoms with van der Waals surface area (Å²) in [4.78, 5) is 11.5. The Morgan fingerprint density at radius 3 is 3.13 bits per heavy atom. The van der Waals surface area contributed by atoms with Gasteiger partial charge in [0.25, 0.3) is 5.91 Å². The molecule has 8 nitrogen and oxygen atoms in total. The van der Waals surface area contributed by atoms with Crippen molar-refractivity contribution >= 4 is 5.91 Å². The third-order valence-electron chi connectivity index (χ3n) is 1.75. The van der Waals surface area contributed by atoms with E-state index in [0.29, 0.717) is 11.4 Å². The average Bonchev–Trinajstić information content (AvgIpc) is 2.84. The number of aryl methyl sites for hydroxylation is 1. The number of amides is 1. The van der Waals surface area contributed by atoms with Crippen LogP contribution in [0.1, 0.15) is 21.9 Å². The second-order valence-corrected chi connectivity index (χ2v) is 2.85. The largest absolute Gasteiger partial charge is 0.351 e. The van der Waals surface area contributed by atoms with Crippen LogP contribution < -0.4 is 5.32 Å². The Labute approximate surface area is 84.0 Å². The third-order valence-corrected chi connectivity index (χ3v) is 1.75. The van der Waals surface area contributed by atoms with E-state index in [9.17, 15) is 4.79 Å². The van der Waals surface area contributed by atoms with E-state index >= 15 is 0 Å². The summed E-state index contributed by atoms with van der Waals surface area (Å²) in [5.74, 6) is 0.244. The minimum Gasteiger partial charge on any atom is -0.351 e. The molecular formula is C7H8N6O2. The highest BCUT2D eigenvalue weighted by atomic mass is 16.5. The number of aromatic amines is 1. The molecule has 2 aromatic rings. The zero-order valence-electron chi connectivity index (χ0n) is 7.89. The molecular weight excluding hydrogens is 200 g/mol. The van der Waals surface area contributed by atoms with Crippen LogP contribution in [0.5, 0.6) is 0 Å². The maximum absolute atomic E-state index is 11.5. The number of tetrazole rings is 1. The molecule has 1 amide bonds. The van der Waals surface area contributed by atoms with Gasteiger partial charge in [-0.25, -0.2) is 0 Å². The lowest BCUT2D eigenvalue weighted by atomic mass is 10.3. The highest BCUT2D eigenvalue weighted by molar-refractivity contribution is 5.92. The Morgan fingerprint density at radius 2 is 2.53 bits per heavy atom. The molecule has 2 heterocycles. The molecule has 2 rings (SSSR count). The number of hydrogen-bond donors (Lipinski definition) is 2. The summed E-state index contributed by atoms with van der Waals surface area (Å²) in [6.07, 6.45) is 1.48. The van der Waals surface area contributed by atoms with Gasteiger partial charge in [0.05, 0.1) is 12.7 Å². The van der Waals surface area contributed by atoms with Gasteiger partial charge in [-0.15, -0.1) is 10.2 Å². The summed E-state index contributed by atoms with van der Waals surface area (Å²) >= 11 is 0. The minimum absolute atomic E-state index is 0.190. The Bertz CT molecular complexity index is 448. The van der Waals surface area contributed by atoms with Gasteiger partial charge in [0.2, 0.25) is 5.76 Å². The van der Waals surface area contributed by atoms with Crippen molar-refractivity contribution in [3.8, 4) is 0 Å². The fourth-order valence-electron chi connectivity index (χ4n) is 1.01. The van der Waals surface area contributed by atoms with Gasteiger partial charge in [0, 0.05) is 5.56 Å². The molecule has 0 aliphatic rings. The Hall–Kier alpha value is -2.25. The van der Waals surface area contributed by atoms with E-state index in [0.717, 1.165) is 0 Å². The Morgan fingerprint density at radius 1 is 1.67 bits per heavy atom. The molecule has 0 saturated heterocycles. The van der Waals surface area contributed by atoms with E-state index < -0.39 is 0 Å². The number of carbonyl (C=O) groups excluding carboxylic acids is 1. The fraction of sp³-hybridized carbons (Fsp3) is 0.286. The SMILES string of the molecule is Cc1cnoc1C(=O)NCc1nn[nH]n1. The minimum atomic E-state index is -0.352. The van der Waals surface area contributed by atoms with Crippen molar-refractivity contribution < 1.29 is 9.32 Å². The van der Waals surface area contributed by atoms with E-state index in [1.807, 2.05) is 0 Å². The average molecular weight is 208 g/mol. The van der Waals surface area contributed by atoms with Gasteiger partial charge in [-0.05, 0) is 6.92 Å². The highest BCUT2D eigenvalue weighted by Crippen LogP contribution is 2.05. The van der Waals surface area contributed by atoms with Crippen molar-refractivity contribution in [2.45, 2.75) is 13.5 Å². The number of rotatable bonds is 3. The summed E-state index contributed by atoms with van der Waals surface area (Å²) in [6.45, 7) is 1.93. The number of carbonyl (C=O) groups is 1. The molecule has 0 fully saturated rings. The van der Waals surface area contributed by atoms with Crippen LogP contribution >= 0.6 is 0 Å². The molecule has 0 spiro atoms. The second-order valence-electron chi connectivity index (χ2n) is 2.85. The summed E-state index contributed by atoms with van der Waals surface area (Å²) < 4.78 is 4.77. The smallest absolute Gasteiger partial charge is 0.290 e. The monoisotopic (exact) mass is 208 g/mol. The first kappa shape index (κ1) is 9.31. The third kappa shape index (κ3) is 1.98. The van der Waals surface area contributed by atoms with Crippen molar-refractivity contribution in [3.63, 3.8) is 0 Å². The van der Waals surface area contributed by atoms with E-state index in [4.69, 9.17) is 4.52 Å². The first-order valence-electron chi connectivity index (χ1n) is 4.19. The van der Waals surface area contributed by atoms with Crippen LogP contribution in [-0.2, 0) is 6.54 Å². The maximum atomic E-state index is 11.5. The molecule has 0 atom stereocenters. The second kappa shape index (κ2) is 3.86. The van der Waals surface area contributed by atoms with Crippen molar-refractivity contribution in [3.05, 3.63) is 23.3 Å². The van der Waals surface area contributed by atoms with Crippen LogP contribution in [0.3, 0.4) is 0 Å². The van der Waals surface area contributed by atoms with E-state index in [1.165, 1.54) is 6.20 Å². The maximum Gasteiger partial charge on any atom is 0.290 e. The molecule has 8 heteroatoms. The van der Waals surface area contributed by atoms with Gasteiger partial charge >= 0.3 is 0 Å². The van der Waals surface area contributed by atoms with Gasteiger partial charge < -0.3 is 9.84 Å². The molecule has 78 valence electrons. The summed E-state index contributed by atoms with van der Waals surface area (Å²) in [7, 11) is 0. The molecule has 0 saturated carbocycles. The van der Waals surface area contributed by atoms with Crippen LogP contribution in [0.4, 0.5) is 0 Å². The normalized spacial score (nSPS) is 10.2. The number of H-pyrrole nitrogens is 1. The molecule has 0 bridgehead atoms. The van der Waals surface area contributed by atoms with Gasteiger partial charge in [-0.3, -0.25) is 4.79 Å². The molecule has 0 aliphatic heterocycles. The number of hydrogen-bond acceptors (Lipinski definition) is 6. The first-order chi connectivity index (χ1) is 7.27. The van der Waals surface area contributed by atoms with Gasteiger partial charge in [0.15, 0.2) is 5.82 Å². The van der Waals surface area contributed by atoms with Crippen LogP contribution in [0.15, 0.2) is 10.7 Å². The zero-order valence-corrected chi connectivity index (χ0v) is 7.89. The molecule has 0 aliphatic carbocycles. The molecule has 0 aromatic carbocycles. The zero-order chi connectivity index (χ0) is 10.7. The predicted molar refractivity (Wildman–Crippen MR) is 46.6 cm³/mol. The standard InChI is InChI=1S/C7H8N6O2/c1-4-2-9-15-6(4)7(14)8-3-5-10-12-13-11-5/h2H,3H2,1H3,(H,8,14)(H,10,11,12,13). The van der Waals surface area contributed by atoms with Crippen molar-refractivity contribution in [2.24, 2.45) is 0 Å². The van der Waals surface area contributed by atoms with Crippen LogP contribution in [0.2, 0.25) is 0 Å².